The molecule has 2 fully saturated rings. The van der Waals surface area contributed by atoms with Crippen molar-refractivity contribution >= 4 is 5.91 Å². The molecule has 2 heterocycles. The van der Waals surface area contributed by atoms with Gasteiger partial charge in [0.2, 0.25) is 0 Å². The molecule has 8 heteroatoms. The first-order chi connectivity index (χ1) is 14.9. The van der Waals surface area contributed by atoms with Gasteiger partial charge in [-0.05, 0) is 30.3 Å². The van der Waals surface area contributed by atoms with E-state index in [4.69, 9.17) is 14.2 Å². The Hall–Kier alpha value is -3.18. The molecule has 0 bridgehead atoms. The topological polar surface area (TPSA) is 71.8 Å². The second kappa shape index (κ2) is 8.52. The smallest absolute Gasteiger partial charge is 0.258 e. The number of rotatable bonds is 5. The van der Waals surface area contributed by atoms with Crippen LogP contribution >= 0.6 is 0 Å². The lowest BCUT2D eigenvalue weighted by Gasteiger charge is -2.40. The fraction of sp³-hybridized carbons (Fsp3) is 0.391. The summed E-state index contributed by atoms with van der Waals surface area (Å²) in [5.74, 6) is -0.181. The van der Waals surface area contributed by atoms with Crippen molar-refractivity contribution in [2.45, 2.75) is 24.6 Å². The molecule has 0 radical (unpaired) electrons. The van der Waals surface area contributed by atoms with E-state index in [-0.39, 0.29) is 73.5 Å². The van der Waals surface area contributed by atoms with Crippen molar-refractivity contribution in [2.24, 2.45) is 0 Å². The minimum Gasteiger partial charge on any atom is -0.495 e. The molecule has 4 rings (SSSR count). The Morgan fingerprint density at radius 3 is 2.48 bits per heavy atom. The summed E-state index contributed by atoms with van der Waals surface area (Å²) in [6.07, 6.45) is -0.0116. The van der Waals surface area contributed by atoms with E-state index in [0.29, 0.717) is 5.75 Å². The van der Waals surface area contributed by atoms with Crippen molar-refractivity contribution < 1.29 is 27.8 Å². The number of ether oxygens (including phenoxy) is 3. The second-order valence-corrected chi connectivity index (χ2v) is 7.66. The van der Waals surface area contributed by atoms with Crippen molar-refractivity contribution in [1.82, 2.24) is 4.90 Å². The van der Waals surface area contributed by atoms with Gasteiger partial charge in [0.15, 0.2) is 0 Å². The number of nitrogens with zero attached hydrogens (tertiary/aromatic N) is 2. The molecule has 2 aromatic rings. The van der Waals surface area contributed by atoms with Crippen LogP contribution in [-0.2, 0) is 10.4 Å². The van der Waals surface area contributed by atoms with Crippen molar-refractivity contribution in [2.75, 3.05) is 33.4 Å². The van der Waals surface area contributed by atoms with Gasteiger partial charge in [-0.25, -0.2) is 8.78 Å². The first-order valence-electron chi connectivity index (χ1n) is 10.0. The number of carbonyl (C=O) groups is 1. The van der Waals surface area contributed by atoms with Crippen LogP contribution in [0.25, 0.3) is 0 Å². The zero-order valence-corrected chi connectivity index (χ0v) is 17.1. The van der Waals surface area contributed by atoms with Crippen LogP contribution in [0.5, 0.6) is 11.5 Å². The van der Waals surface area contributed by atoms with E-state index in [0.717, 1.165) is 0 Å². The number of hydrogen-bond donors (Lipinski definition) is 0. The molecule has 0 N–H and O–H groups in total. The molecule has 0 spiro atoms. The Balaban J connectivity index is 1.58. The molecule has 2 saturated heterocycles. The van der Waals surface area contributed by atoms with Crippen LogP contribution in [0.4, 0.5) is 8.78 Å². The summed E-state index contributed by atoms with van der Waals surface area (Å²) in [7, 11) is 1.36. The molecule has 1 amide bonds. The Morgan fingerprint density at radius 2 is 1.87 bits per heavy atom. The SMILES string of the molecule is COc1c(C#N)ccc(C2(F)CCOCC2)c1C(=O)N1CC(Oc2ccc(F)cc2)C1. The van der Waals surface area contributed by atoms with Gasteiger partial charge in [0.1, 0.15) is 35.2 Å². The van der Waals surface area contributed by atoms with Gasteiger partial charge < -0.3 is 19.1 Å². The number of nitriles is 1. The molecule has 6 nitrogen and oxygen atoms in total. The van der Waals surface area contributed by atoms with Crippen molar-refractivity contribution in [3.8, 4) is 17.6 Å². The van der Waals surface area contributed by atoms with E-state index in [9.17, 15) is 14.4 Å². The molecule has 0 aliphatic carbocycles. The zero-order valence-electron chi connectivity index (χ0n) is 17.1. The largest absolute Gasteiger partial charge is 0.495 e. The monoisotopic (exact) mass is 428 g/mol. The van der Waals surface area contributed by atoms with Gasteiger partial charge in [-0.2, -0.15) is 5.26 Å². The Labute approximate surface area is 178 Å². The van der Waals surface area contributed by atoms with Gasteiger partial charge >= 0.3 is 0 Å². The number of hydrogen-bond acceptors (Lipinski definition) is 5. The maximum atomic E-state index is 15.8. The Kier molecular flexibility index (Phi) is 5.79. The van der Waals surface area contributed by atoms with Crippen LogP contribution in [0.1, 0.15) is 34.3 Å². The summed E-state index contributed by atoms with van der Waals surface area (Å²) in [6.45, 7) is 1.09. The van der Waals surface area contributed by atoms with Crippen LogP contribution in [-0.4, -0.2) is 50.3 Å². The predicted octanol–water partition coefficient (Wildman–Crippen LogP) is 3.58. The van der Waals surface area contributed by atoms with Crippen molar-refractivity contribution in [3.05, 3.63) is 58.9 Å². The lowest BCUT2D eigenvalue weighted by molar-refractivity contribution is -0.0129. The summed E-state index contributed by atoms with van der Waals surface area (Å²) >= 11 is 0. The van der Waals surface area contributed by atoms with Gasteiger partial charge in [-0.15, -0.1) is 0 Å². The molecule has 2 aromatic carbocycles. The van der Waals surface area contributed by atoms with Crippen LogP contribution in [0.2, 0.25) is 0 Å². The summed E-state index contributed by atoms with van der Waals surface area (Å²) in [5.41, 5.74) is -1.27. The second-order valence-electron chi connectivity index (χ2n) is 7.66. The Bertz CT molecular complexity index is 1010. The number of halogens is 2. The van der Waals surface area contributed by atoms with Gasteiger partial charge in [0.05, 0.1) is 31.3 Å². The van der Waals surface area contributed by atoms with E-state index >= 15 is 4.39 Å². The predicted molar refractivity (Wildman–Crippen MR) is 107 cm³/mol. The molecule has 162 valence electrons. The lowest BCUT2D eigenvalue weighted by Crippen LogP contribution is -2.56. The third kappa shape index (κ3) is 4.06. The lowest BCUT2D eigenvalue weighted by atomic mass is 9.83. The average Bonchev–Trinajstić information content (AvgIpc) is 2.76. The summed E-state index contributed by atoms with van der Waals surface area (Å²) in [5, 5.41) is 9.44. The highest BCUT2D eigenvalue weighted by molar-refractivity contribution is 6.00. The summed E-state index contributed by atoms with van der Waals surface area (Å²) in [4.78, 5) is 14.9. The quantitative estimate of drug-likeness (QED) is 0.728. The van der Waals surface area contributed by atoms with E-state index in [2.05, 4.69) is 0 Å². The summed E-state index contributed by atoms with van der Waals surface area (Å²) in [6, 6.07) is 10.6. The number of alkyl halides is 1. The first kappa shape index (κ1) is 21.1. The average molecular weight is 428 g/mol. The molecule has 0 unspecified atom stereocenters. The van der Waals surface area contributed by atoms with Crippen LogP contribution in [0.15, 0.2) is 36.4 Å². The molecule has 2 aliphatic heterocycles. The number of methoxy groups -OCH3 is 1. The third-order valence-corrected chi connectivity index (χ3v) is 5.72. The van der Waals surface area contributed by atoms with Crippen LogP contribution in [0.3, 0.4) is 0 Å². The number of likely N-dealkylation sites (tertiary alicyclic amines) is 1. The highest BCUT2D eigenvalue weighted by Gasteiger charge is 2.42. The van der Waals surface area contributed by atoms with Gasteiger partial charge in [0.25, 0.3) is 5.91 Å². The zero-order chi connectivity index (χ0) is 22.0. The minimum atomic E-state index is -1.74. The van der Waals surface area contributed by atoms with Crippen LogP contribution < -0.4 is 9.47 Å². The highest BCUT2D eigenvalue weighted by Crippen LogP contribution is 2.42. The first-order valence-corrected chi connectivity index (χ1v) is 10.0. The normalized spacial score (nSPS) is 18.1. The van der Waals surface area contributed by atoms with Gasteiger partial charge in [-0.1, -0.05) is 6.07 Å². The number of amides is 1. The molecular weight excluding hydrogens is 406 g/mol. The third-order valence-electron chi connectivity index (χ3n) is 5.72. The van der Waals surface area contributed by atoms with E-state index < -0.39 is 11.6 Å². The molecule has 0 atom stereocenters. The van der Waals surface area contributed by atoms with Crippen molar-refractivity contribution in [3.63, 3.8) is 0 Å². The molecule has 0 saturated carbocycles. The van der Waals surface area contributed by atoms with E-state index in [1.165, 1.54) is 48.4 Å². The number of carbonyl (C=O) groups excluding carboxylic acids is 1. The molecule has 0 aromatic heterocycles. The maximum Gasteiger partial charge on any atom is 0.258 e. The standard InChI is InChI=1S/C23H22F2N2O4/c1-29-21-15(12-26)2-7-19(23(25)8-10-30-11-9-23)20(21)22(28)27-13-18(14-27)31-17-5-3-16(24)4-6-17/h2-7,18H,8-11,13-14H2,1H3. The molecular formula is C23H22F2N2O4. The fourth-order valence-corrected chi connectivity index (χ4v) is 3.97. The minimum absolute atomic E-state index is 0.0752. The maximum absolute atomic E-state index is 15.8. The van der Waals surface area contributed by atoms with Crippen molar-refractivity contribution in [1.29, 1.82) is 5.26 Å². The Morgan fingerprint density at radius 1 is 1.19 bits per heavy atom. The van der Waals surface area contributed by atoms with Crippen LogP contribution in [0, 0.1) is 17.1 Å². The van der Waals surface area contributed by atoms with E-state index in [1.807, 2.05) is 6.07 Å². The number of benzene rings is 2. The van der Waals surface area contributed by atoms with Gasteiger partial charge in [-0.3, -0.25) is 4.79 Å². The fourth-order valence-electron chi connectivity index (χ4n) is 3.97. The summed E-state index contributed by atoms with van der Waals surface area (Å²) < 4.78 is 45.3. The molecule has 2 aliphatic rings. The van der Waals surface area contributed by atoms with Gasteiger partial charge in [0, 0.05) is 31.6 Å². The highest BCUT2D eigenvalue weighted by atomic mass is 19.1. The van der Waals surface area contributed by atoms with E-state index in [1.54, 1.807) is 0 Å². The molecule has 31 heavy (non-hydrogen) atoms.